The summed E-state index contributed by atoms with van der Waals surface area (Å²) in [4.78, 5) is 0. The van der Waals surface area contributed by atoms with Crippen LogP contribution in [-0.4, -0.2) is 9.13 Å². The van der Waals surface area contributed by atoms with Crippen molar-refractivity contribution in [1.29, 1.82) is 0 Å². The second kappa shape index (κ2) is 10.4. The van der Waals surface area contributed by atoms with Gasteiger partial charge in [0, 0.05) is 43.9 Å². The summed E-state index contributed by atoms with van der Waals surface area (Å²) in [7, 11) is 0. The maximum atomic E-state index is 6.35. The highest BCUT2D eigenvalue weighted by molar-refractivity contribution is 6.11. The first-order valence-electron chi connectivity index (χ1n) is 16.0. The molecule has 220 valence electrons. The predicted molar refractivity (Wildman–Crippen MR) is 195 cm³/mol. The fourth-order valence-corrected chi connectivity index (χ4v) is 7.35. The second-order valence-electron chi connectivity index (χ2n) is 12.1. The van der Waals surface area contributed by atoms with Crippen molar-refractivity contribution < 1.29 is 4.42 Å². The number of para-hydroxylation sites is 4. The molecular formula is C43H32N2O. The van der Waals surface area contributed by atoms with Gasteiger partial charge in [0.2, 0.25) is 0 Å². The van der Waals surface area contributed by atoms with Gasteiger partial charge in [-0.05, 0) is 79.1 Å². The van der Waals surface area contributed by atoms with Crippen LogP contribution < -0.4 is 0 Å². The maximum absolute atomic E-state index is 6.35. The summed E-state index contributed by atoms with van der Waals surface area (Å²) < 4.78 is 11.1. The smallest absolute Gasteiger partial charge is 0.134 e. The van der Waals surface area contributed by atoms with E-state index in [0.717, 1.165) is 34.4 Å². The molecule has 0 fully saturated rings. The highest BCUT2D eigenvalue weighted by atomic mass is 16.3. The van der Waals surface area contributed by atoms with Crippen LogP contribution in [-0.2, 0) is 0 Å². The Morgan fingerprint density at radius 2 is 1.11 bits per heavy atom. The standard InChI is InChI=1S/C43H32N2O/c1-3-31(44-39-19-8-4-15-33(39)34-16-5-9-20-40(34)44)27-37-28(2)46-43-24-23-30(26-38(37)43)29-13-12-14-32(25-29)45-41-21-10-6-17-35(41)36-18-7-11-22-42(36)45/h4-27H,3H2,1-2H3/b31-27+. The van der Waals surface area contributed by atoms with Crippen molar-refractivity contribution in [1.82, 2.24) is 9.13 Å². The molecule has 9 rings (SSSR count). The van der Waals surface area contributed by atoms with Gasteiger partial charge in [0.1, 0.15) is 11.3 Å². The molecule has 0 aliphatic rings. The van der Waals surface area contributed by atoms with Crippen molar-refractivity contribution in [2.24, 2.45) is 0 Å². The van der Waals surface area contributed by atoms with E-state index in [2.05, 4.69) is 169 Å². The van der Waals surface area contributed by atoms with E-state index in [4.69, 9.17) is 4.42 Å². The maximum Gasteiger partial charge on any atom is 0.134 e. The van der Waals surface area contributed by atoms with Crippen molar-refractivity contribution in [3.8, 4) is 16.8 Å². The molecule has 3 heterocycles. The molecule has 3 aromatic heterocycles. The molecule has 0 bridgehead atoms. The summed E-state index contributed by atoms with van der Waals surface area (Å²) in [6.07, 6.45) is 3.22. The van der Waals surface area contributed by atoms with Crippen LogP contribution in [0.4, 0.5) is 0 Å². The molecule has 3 nitrogen and oxygen atoms in total. The summed E-state index contributed by atoms with van der Waals surface area (Å²) in [6.45, 7) is 4.31. The van der Waals surface area contributed by atoms with Crippen molar-refractivity contribution in [2.75, 3.05) is 0 Å². The summed E-state index contributed by atoms with van der Waals surface area (Å²) >= 11 is 0. The van der Waals surface area contributed by atoms with Gasteiger partial charge < -0.3 is 13.6 Å². The number of aryl methyl sites for hydroxylation is 1. The van der Waals surface area contributed by atoms with E-state index in [-0.39, 0.29) is 0 Å². The monoisotopic (exact) mass is 592 g/mol. The van der Waals surface area contributed by atoms with Gasteiger partial charge in [0.15, 0.2) is 0 Å². The Morgan fingerprint density at radius 3 is 1.72 bits per heavy atom. The third kappa shape index (κ3) is 3.98. The minimum absolute atomic E-state index is 0.884. The van der Waals surface area contributed by atoms with Crippen molar-refractivity contribution in [2.45, 2.75) is 20.3 Å². The van der Waals surface area contributed by atoms with E-state index < -0.39 is 0 Å². The van der Waals surface area contributed by atoms with Gasteiger partial charge >= 0.3 is 0 Å². The first-order valence-corrected chi connectivity index (χ1v) is 16.0. The number of nitrogens with zero attached hydrogens (tertiary/aromatic N) is 2. The first kappa shape index (κ1) is 26.6. The minimum atomic E-state index is 0.884. The lowest BCUT2D eigenvalue weighted by atomic mass is 10.0. The van der Waals surface area contributed by atoms with Crippen LogP contribution in [0.1, 0.15) is 24.7 Å². The van der Waals surface area contributed by atoms with E-state index >= 15 is 0 Å². The van der Waals surface area contributed by atoms with Crippen LogP contribution in [0.15, 0.2) is 144 Å². The number of aromatic nitrogens is 2. The molecule has 0 N–H and O–H groups in total. The number of benzene rings is 6. The van der Waals surface area contributed by atoms with Gasteiger partial charge in [-0.25, -0.2) is 0 Å². The van der Waals surface area contributed by atoms with Crippen LogP contribution in [0.2, 0.25) is 0 Å². The third-order valence-corrected chi connectivity index (χ3v) is 9.47. The predicted octanol–water partition coefficient (Wildman–Crippen LogP) is 12.0. The normalized spacial score (nSPS) is 12.3. The number of rotatable bonds is 5. The number of hydrogen-bond acceptors (Lipinski definition) is 1. The molecule has 0 aliphatic heterocycles. The molecule has 0 saturated heterocycles. The van der Waals surface area contributed by atoms with Crippen LogP contribution in [0.5, 0.6) is 0 Å². The molecular weight excluding hydrogens is 560 g/mol. The molecule has 0 radical (unpaired) electrons. The number of furan rings is 1. The molecule has 0 aliphatic carbocycles. The van der Waals surface area contributed by atoms with Crippen molar-refractivity contribution >= 4 is 66.4 Å². The van der Waals surface area contributed by atoms with Crippen molar-refractivity contribution in [3.63, 3.8) is 0 Å². The number of hydrogen-bond donors (Lipinski definition) is 0. The second-order valence-corrected chi connectivity index (χ2v) is 12.1. The molecule has 0 amide bonds. The summed E-state index contributed by atoms with van der Waals surface area (Å²) in [5.74, 6) is 0.929. The highest BCUT2D eigenvalue weighted by Gasteiger charge is 2.17. The zero-order valence-electron chi connectivity index (χ0n) is 25.9. The molecule has 9 aromatic rings. The summed E-state index contributed by atoms with van der Waals surface area (Å²) in [6, 6.07) is 50.2. The van der Waals surface area contributed by atoms with E-state index in [1.807, 2.05) is 0 Å². The lowest BCUT2D eigenvalue weighted by Gasteiger charge is -2.12. The molecule has 0 atom stereocenters. The highest BCUT2D eigenvalue weighted by Crippen LogP contribution is 2.38. The van der Waals surface area contributed by atoms with Gasteiger partial charge in [-0.3, -0.25) is 0 Å². The Morgan fingerprint density at radius 1 is 0.565 bits per heavy atom. The topological polar surface area (TPSA) is 23.0 Å². The van der Waals surface area contributed by atoms with Gasteiger partial charge in [-0.15, -0.1) is 0 Å². The Hall–Kier alpha value is -5.80. The van der Waals surface area contributed by atoms with E-state index in [1.165, 1.54) is 60.4 Å². The van der Waals surface area contributed by atoms with Crippen LogP contribution in [0, 0.1) is 6.92 Å². The average molecular weight is 593 g/mol. The minimum Gasteiger partial charge on any atom is -0.461 e. The van der Waals surface area contributed by atoms with E-state index in [0.29, 0.717) is 0 Å². The Labute approximate surface area is 267 Å². The zero-order chi connectivity index (χ0) is 30.8. The molecule has 3 heteroatoms. The fourth-order valence-electron chi connectivity index (χ4n) is 7.35. The number of allylic oxidation sites excluding steroid dienone is 1. The quantitative estimate of drug-likeness (QED) is 0.195. The Bertz CT molecular complexity index is 2540. The SMILES string of the molecule is CC/C(=C\c1c(C)oc2ccc(-c3cccc(-n4c5ccccc5c5ccccc54)c3)cc12)n1c2ccccc2c2ccccc21. The largest absolute Gasteiger partial charge is 0.461 e. The van der Waals surface area contributed by atoms with Gasteiger partial charge in [0.05, 0.1) is 22.1 Å². The third-order valence-electron chi connectivity index (χ3n) is 9.47. The van der Waals surface area contributed by atoms with Crippen LogP contribution in [0.3, 0.4) is 0 Å². The molecule has 0 saturated carbocycles. The lowest BCUT2D eigenvalue weighted by molar-refractivity contribution is 0.577. The zero-order valence-corrected chi connectivity index (χ0v) is 25.9. The number of fused-ring (bicyclic) bond motifs is 7. The lowest BCUT2D eigenvalue weighted by Crippen LogP contribution is -1.96. The Balaban J connectivity index is 1.20. The summed E-state index contributed by atoms with van der Waals surface area (Å²) in [5.41, 5.74) is 11.7. The van der Waals surface area contributed by atoms with E-state index in [9.17, 15) is 0 Å². The van der Waals surface area contributed by atoms with Gasteiger partial charge in [0.25, 0.3) is 0 Å². The molecule has 0 unspecified atom stereocenters. The molecule has 0 spiro atoms. The summed E-state index contributed by atoms with van der Waals surface area (Å²) in [5, 5.41) is 6.22. The molecule has 6 aromatic carbocycles. The first-order chi connectivity index (χ1) is 22.7. The van der Waals surface area contributed by atoms with Gasteiger partial charge in [-0.2, -0.15) is 0 Å². The average Bonchev–Trinajstić information content (AvgIpc) is 3.74. The molecule has 46 heavy (non-hydrogen) atoms. The van der Waals surface area contributed by atoms with Crippen LogP contribution >= 0.6 is 0 Å². The Kier molecular flexibility index (Phi) is 6.01. The fraction of sp³-hybridized carbons (Fsp3) is 0.0698. The van der Waals surface area contributed by atoms with E-state index in [1.54, 1.807) is 0 Å². The van der Waals surface area contributed by atoms with Gasteiger partial charge in [-0.1, -0.05) is 97.9 Å². The van der Waals surface area contributed by atoms with Crippen LogP contribution in [0.25, 0.3) is 83.2 Å². The van der Waals surface area contributed by atoms with Crippen molar-refractivity contribution in [3.05, 3.63) is 151 Å².